The third-order valence-corrected chi connectivity index (χ3v) is 2.95. The molecule has 1 aliphatic rings. The first-order valence-electron chi connectivity index (χ1n) is 4.00. The van der Waals surface area contributed by atoms with Gasteiger partial charge in [0.2, 0.25) is 11.6 Å². The summed E-state index contributed by atoms with van der Waals surface area (Å²) in [5.41, 5.74) is 0. The molecule has 0 spiro atoms. The number of aromatic nitrogens is 2. The Morgan fingerprint density at radius 3 is 2.62 bits per heavy atom. The van der Waals surface area contributed by atoms with Gasteiger partial charge in [0.1, 0.15) is 5.01 Å². The highest BCUT2D eigenvalue weighted by atomic mass is 32.1. The lowest BCUT2D eigenvalue weighted by Gasteiger charge is -2.38. The molecule has 6 heteroatoms. The summed E-state index contributed by atoms with van der Waals surface area (Å²) in [5, 5.41) is 9.34. The van der Waals surface area contributed by atoms with Gasteiger partial charge in [-0.2, -0.15) is 0 Å². The molecule has 0 radical (unpaired) electrons. The van der Waals surface area contributed by atoms with Crippen molar-refractivity contribution in [3.8, 4) is 0 Å². The van der Waals surface area contributed by atoms with Crippen LogP contribution in [0, 0.1) is 12.8 Å². The average molecular weight is 205 g/mol. The van der Waals surface area contributed by atoms with Crippen LogP contribution in [0.2, 0.25) is 0 Å². The van der Waals surface area contributed by atoms with Crippen LogP contribution in [0.4, 0.5) is 13.9 Å². The van der Waals surface area contributed by atoms with Gasteiger partial charge in [-0.1, -0.05) is 11.3 Å². The molecule has 0 N–H and O–H groups in total. The Balaban J connectivity index is 1.93. The van der Waals surface area contributed by atoms with Crippen LogP contribution in [0.3, 0.4) is 0 Å². The molecule has 0 bridgehead atoms. The van der Waals surface area contributed by atoms with Crippen LogP contribution in [-0.4, -0.2) is 29.7 Å². The summed E-state index contributed by atoms with van der Waals surface area (Å²) in [6.07, 6.45) is -2.20. The summed E-state index contributed by atoms with van der Waals surface area (Å²) in [6.45, 7) is 2.67. The van der Waals surface area contributed by atoms with E-state index < -0.39 is 12.3 Å². The lowest BCUT2D eigenvalue weighted by atomic mass is 10.0. The van der Waals surface area contributed by atoms with Crippen molar-refractivity contribution in [1.82, 2.24) is 10.2 Å². The second-order valence-electron chi connectivity index (χ2n) is 3.10. The molecule has 0 unspecified atom stereocenters. The molecule has 1 saturated heterocycles. The number of aryl methyl sites for hydroxylation is 1. The van der Waals surface area contributed by atoms with E-state index in [0.29, 0.717) is 13.1 Å². The van der Waals surface area contributed by atoms with Crippen LogP contribution in [-0.2, 0) is 0 Å². The van der Waals surface area contributed by atoms with Gasteiger partial charge in [0.05, 0.1) is 5.92 Å². The van der Waals surface area contributed by atoms with Crippen LogP contribution < -0.4 is 4.90 Å². The van der Waals surface area contributed by atoms with Gasteiger partial charge in [-0.25, -0.2) is 8.78 Å². The fourth-order valence-electron chi connectivity index (χ4n) is 1.24. The molecule has 2 rings (SSSR count). The van der Waals surface area contributed by atoms with Crippen molar-refractivity contribution >= 4 is 16.5 Å². The van der Waals surface area contributed by atoms with Crippen molar-refractivity contribution in [2.75, 3.05) is 18.0 Å². The maximum absolute atomic E-state index is 12.1. The fourth-order valence-corrected chi connectivity index (χ4v) is 1.95. The highest BCUT2D eigenvalue weighted by molar-refractivity contribution is 7.15. The van der Waals surface area contributed by atoms with Crippen molar-refractivity contribution in [2.24, 2.45) is 5.92 Å². The molecule has 0 aliphatic carbocycles. The predicted molar refractivity (Wildman–Crippen MR) is 46.4 cm³/mol. The summed E-state index contributed by atoms with van der Waals surface area (Å²) in [4.78, 5) is 1.83. The highest BCUT2D eigenvalue weighted by Gasteiger charge is 2.35. The van der Waals surface area contributed by atoms with E-state index in [9.17, 15) is 8.78 Å². The Kier molecular flexibility index (Phi) is 2.15. The number of rotatable bonds is 2. The van der Waals surface area contributed by atoms with Crippen molar-refractivity contribution in [1.29, 1.82) is 0 Å². The first-order chi connectivity index (χ1) is 6.16. The van der Waals surface area contributed by atoms with Crippen LogP contribution >= 0.6 is 11.3 Å². The average Bonchev–Trinajstić information content (AvgIpc) is 2.31. The molecule has 1 aromatic rings. The van der Waals surface area contributed by atoms with Gasteiger partial charge in [0, 0.05) is 13.1 Å². The molecule has 72 valence electrons. The van der Waals surface area contributed by atoms with Gasteiger partial charge in [-0.3, -0.25) is 0 Å². The van der Waals surface area contributed by atoms with E-state index in [-0.39, 0.29) is 0 Å². The fraction of sp³-hybridized carbons (Fsp3) is 0.714. The zero-order valence-electron chi connectivity index (χ0n) is 7.07. The van der Waals surface area contributed by atoms with E-state index in [2.05, 4.69) is 10.2 Å². The molecule has 13 heavy (non-hydrogen) atoms. The molecule has 0 amide bonds. The lowest BCUT2D eigenvalue weighted by molar-refractivity contribution is 0.0613. The van der Waals surface area contributed by atoms with Gasteiger partial charge in [0.15, 0.2) is 0 Å². The molecular formula is C7H9F2N3S. The minimum Gasteiger partial charge on any atom is -0.346 e. The number of hydrogen-bond acceptors (Lipinski definition) is 4. The predicted octanol–water partition coefficient (Wildman–Crippen LogP) is 1.55. The van der Waals surface area contributed by atoms with Crippen molar-refractivity contribution < 1.29 is 8.78 Å². The zero-order chi connectivity index (χ0) is 9.42. The molecule has 1 aliphatic heterocycles. The van der Waals surface area contributed by atoms with Crippen LogP contribution in [0.1, 0.15) is 5.01 Å². The third-order valence-electron chi connectivity index (χ3n) is 2.05. The van der Waals surface area contributed by atoms with E-state index in [1.807, 2.05) is 11.8 Å². The molecule has 2 heterocycles. The summed E-state index contributed by atoms with van der Waals surface area (Å²) >= 11 is 1.44. The first-order valence-corrected chi connectivity index (χ1v) is 4.81. The van der Waals surface area contributed by atoms with E-state index in [4.69, 9.17) is 0 Å². The summed E-state index contributed by atoms with van der Waals surface area (Å²) in [6, 6.07) is 0. The molecule has 3 nitrogen and oxygen atoms in total. The largest absolute Gasteiger partial charge is 0.346 e. The van der Waals surface area contributed by atoms with Gasteiger partial charge >= 0.3 is 0 Å². The summed E-state index contributed by atoms with van der Waals surface area (Å²) < 4.78 is 24.2. The number of anilines is 1. The number of halogens is 2. The molecular weight excluding hydrogens is 196 g/mol. The Morgan fingerprint density at radius 2 is 2.15 bits per heavy atom. The Labute approximate surface area is 78.4 Å². The number of nitrogens with zero attached hydrogens (tertiary/aromatic N) is 3. The summed E-state index contributed by atoms with van der Waals surface area (Å²) in [5.74, 6) is -0.482. The van der Waals surface area contributed by atoms with E-state index in [1.165, 1.54) is 11.3 Å². The van der Waals surface area contributed by atoms with Crippen molar-refractivity contribution in [2.45, 2.75) is 13.3 Å². The minimum atomic E-state index is -2.20. The molecule has 1 aromatic heterocycles. The van der Waals surface area contributed by atoms with Crippen LogP contribution in [0.5, 0.6) is 0 Å². The maximum atomic E-state index is 12.1. The normalized spacial score (nSPS) is 18.0. The quantitative estimate of drug-likeness (QED) is 0.733. The summed E-state index contributed by atoms with van der Waals surface area (Å²) in [7, 11) is 0. The molecule has 0 saturated carbocycles. The second kappa shape index (κ2) is 3.17. The Bertz CT molecular complexity index is 296. The molecule has 1 fully saturated rings. The van der Waals surface area contributed by atoms with Crippen molar-refractivity contribution in [3.05, 3.63) is 5.01 Å². The highest BCUT2D eigenvalue weighted by Crippen LogP contribution is 2.29. The number of alkyl halides is 2. The monoisotopic (exact) mass is 205 g/mol. The Morgan fingerprint density at radius 1 is 1.46 bits per heavy atom. The smallest absolute Gasteiger partial charge is 0.244 e. The first kappa shape index (κ1) is 8.80. The zero-order valence-corrected chi connectivity index (χ0v) is 7.89. The second-order valence-corrected chi connectivity index (χ2v) is 4.26. The van der Waals surface area contributed by atoms with E-state index in [0.717, 1.165) is 10.1 Å². The lowest BCUT2D eigenvalue weighted by Crippen LogP contribution is -2.50. The van der Waals surface area contributed by atoms with E-state index in [1.54, 1.807) is 0 Å². The number of hydrogen-bond donors (Lipinski definition) is 0. The van der Waals surface area contributed by atoms with Crippen LogP contribution in [0.25, 0.3) is 0 Å². The maximum Gasteiger partial charge on any atom is 0.244 e. The van der Waals surface area contributed by atoms with Gasteiger partial charge in [-0.15, -0.1) is 10.2 Å². The molecule has 0 atom stereocenters. The van der Waals surface area contributed by atoms with Crippen LogP contribution in [0.15, 0.2) is 0 Å². The van der Waals surface area contributed by atoms with Gasteiger partial charge < -0.3 is 4.90 Å². The molecule has 0 aromatic carbocycles. The SMILES string of the molecule is Cc1nnc(N2CC(C(F)F)C2)s1. The van der Waals surface area contributed by atoms with E-state index >= 15 is 0 Å². The topological polar surface area (TPSA) is 29.0 Å². The standard InChI is InChI=1S/C7H9F2N3S/c1-4-10-11-7(13-4)12-2-5(3-12)6(8)9/h5-6H,2-3H2,1H3. The van der Waals surface area contributed by atoms with Gasteiger partial charge in [0.25, 0.3) is 0 Å². The van der Waals surface area contributed by atoms with Gasteiger partial charge in [-0.05, 0) is 6.92 Å². The Hall–Kier alpha value is -0.780. The van der Waals surface area contributed by atoms with Crippen molar-refractivity contribution in [3.63, 3.8) is 0 Å². The minimum absolute atomic E-state index is 0.409. The third kappa shape index (κ3) is 1.63.